The third kappa shape index (κ3) is 3.27. The highest BCUT2D eigenvalue weighted by Crippen LogP contribution is 2.57. The largest absolute Gasteiger partial charge is 0.472 e. The van der Waals surface area contributed by atoms with Crippen LogP contribution in [0.1, 0.15) is 6.92 Å². The molecule has 2 aliphatic rings. The molecule has 138 valence electrons. The second-order valence-electron chi connectivity index (χ2n) is 6.70. The van der Waals surface area contributed by atoms with Crippen molar-refractivity contribution in [2.75, 3.05) is 19.8 Å². The second kappa shape index (κ2) is 6.31. The second-order valence-corrected chi connectivity index (χ2v) is 10.1. The minimum atomic E-state index is -3.99. The molecule has 1 saturated heterocycles. The van der Waals surface area contributed by atoms with Gasteiger partial charge in [-0.15, -0.1) is 0 Å². The lowest BCUT2D eigenvalue weighted by Gasteiger charge is -2.36. The molecule has 1 N–H and O–H groups in total. The monoisotopic (exact) mass is 396 g/mol. The Balaban J connectivity index is 1.61. The number of hydrogen-bond donors (Lipinski definition) is 1. The molecule has 2 aromatic rings. The maximum absolute atomic E-state index is 13.5. The van der Waals surface area contributed by atoms with Gasteiger partial charge in [-0.25, -0.2) is 9.13 Å². The Morgan fingerprint density at radius 1 is 1.04 bits per heavy atom. The predicted octanol–water partition coefficient (Wildman–Crippen LogP) is 3.73. The van der Waals surface area contributed by atoms with Crippen LogP contribution in [0, 0.1) is 5.41 Å². The topological polar surface area (TPSA) is 91.3 Å². The van der Waals surface area contributed by atoms with Crippen molar-refractivity contribution in [2.45, 2.75) is 6.92 Å². The third-order valence-corrected chi connectivity index (χ3v) is 7.13. The van der Waals surface area contributed by atoms with E-state index in [4.69, 9.17) is 18.1 Å². The molecule has 0 bridgehead atoms. The molecule has 1 atom stereocenters. The molecule has 1 unspecified atom stereocenters. The number of benzene rings is 2. The van der Waals surface area contributed by atoms with Gasteiger partial charge in [0.15, 0.2) is 0 Å². The van der Waals surface area contributed by atoms with Crippen LogP contribution in [0.25, 0.3) is 11.1 Å². The summed E-state index contributed by atoms with van der Waals surface area (Å²) >= 11 is 0. The van der Waals surface area contributed by atoms with Crippen molar-refractivity contribution in [3.05, 3.63) is 48.5 Å². The van der Waals surface area contributed by atoms with E-state index in [0.29, 0.717) is 11.1 Å². The molecular formula is C17H18O7P2. The molecule has 0 amide bonds. The fraction of sp³-hybridized carbons (Fsp3) is 0.294. The van der Waals surface area contributed by atoms with E-state index in [2.05, 4.69) is 0 Å². The zero-order chi connectivity index (χ0) is 18.4. The molecule has 0 aromatic heterocycles. The van der Waals surface area contributed by atoms with E-state index in [9.17, 15) is 14.0 Å². The summed E-state index contributed by atoms with van der Waals surface area (Å²) in [6, 6.07) is 14.6. The van der Waals surface area contributed by atoms with Crippen molar-refractivity contribution < 1.29 is 32.1 Å². The first-order valence-corrected chi connectivity index (χ1v) is 11.1. The summed E-state index contributed by atoms with van der Waals surface area (Å²) in [5.41, 5.74) is 0.942. The summed E-state index contributed by atoms with van der Waals surface area (Å²) < 4.78 is 46.1. The Labute approximate surface area is 151 Å². The maximum atomic E-state index is 13.5. The highest BCUT2D eigenvalue weighted by atomic mass is 31.2. The molecule has 2 aromatic carbocycles. The first-order chi connectivity index (χ1) is 12.3. The molecule has 26 heavy (non-hydrogen) atoms. The summed E-state index contributed by atoms with van der Waals surface area (Å²) in [4.78, 5) is 9.30. The molecule has 2 aliphatic heterocycles. The highest BCUT2D eigenvalue weighted by molar-refractivity contribution is 7.63. The van der Waals surface area contributed by atoms with Gasteiger partial charge in [0.2, 0.25) is 0 Å². The van der Waals surface area contributed by atoms with Gasteiger partial charge in [-0.1, -0.05) is 43.3 Å². The van der Waals surface area contributed by atoms with Gasteiger partial charge >= 0.3 is 15.4 Å². The van der Waals surface area contributed by atoms with E-state index in [-0.39, 0.29) is 19.8 Å². The predicted molar refractivity (Wildman–Crippen MR) is 95.5 cm³/mol. The SMILES string of the molecule is CC1(COP2(=O)Oc3ccccc3-c3ccccc32)COP(=O)(O)OC1. The minimum absolute atomic E-state index is 0.0131. The Morgan fingerprint density at radius 3 is 2.38 bits per heavy atom. The van der Waals surface area contributed by atoms with Crippen LogP contribution in [0.3, 0.4) is 0 Å². The molecule has 4 rings (SSSR count). The Hall–Kier alpha value is -1.46. The zero-order valence-electron chi connectivity index (χ0n) is 14.0. The van der Waals surface area contributed by atoms with Crippen LogP contribution in [0.4, 0.5) is 0 Å². The van der Waals surface area contributed by atoms with Gasteiger partial charge in [0.1, 0.15) is 5.75 Å². The van der Waals surface area contributed by atoms with Crippen LogP contribution < -0.4 is 9.83 Å². The van der Waals surface area contributed by atoms with Crippen LogP contribution in [0.15, 0.2) is 48.5 Å². The lowest BCUT2D eigenvalue weighted by Crippen LogP contribution is -2.37. The fourth-order valence-electron chi connectivity index (χ4n) is 2.86. The smallest absolute Gasteiger partial charge is 0.421 e. The van der Waals surface area contributed by atoms with Crippen molar-refractivity contribution in [3.63, 3.8) is 0 Å². The van der Waals surface area contributed by atoms with E-state index in [1.807, 2.05) is 24.3 Å². The number of phosphoric acid groups is 1. The quantitative estimate of drug-likeness (QED) is 0.791. The number of fused-ring (bicyclic) bond motifs is 3. The molecule has 0 spiro atoms. The van der Waals surface area contributed by atoms with Crippen molar-refractivity contribution in [3.8, 4) is 16.9 Å². The van der Waals surface area contributed by atoms with Crippen LogP contribution in [0.5, 0.6) is 5.75 Å². The van der Waals surface area contributed by atoms with Crippen molar-refractivity contribution in [2.24, 2.45) is 5.41 Å². The lowest BCUT2D eigenvalue weighted by atomic mass is 9.95. The van der Waals surface area contributed by atoms with Crippen LogP contribution >= 0.6 is 15.4 Å². The van der Waals surface area contributed by atoms with Gasteiger partial charge in [-0.05, 0) is 12.1 Å². The third-order valence-electron chi connectivity index (χ3n) is 4.33. The van der Waals surface area contributed by atoms with Crippen LogP contribution in [0.2, 0.25) is 0 Å². The van der Waals surface area contributed by atoms with Crippen LogP contribution in [-0.2, 0) is 22.7 Å². The number of para-hydroxylation sites is 1. The molecule has 0 saturated carbocycles. The average Bonchev–Trinajstić information content (AvgIpc) is 2.64. The van der Waals surface area contributed by atoms with Crippen molar-refractivity contribution in [1.29, 1.82) is 0 Å². The van der Waals surface area contributed by atoms with E-state index in [0.717, 1.165) is 11.1 Å². The fourth-order valence-corrected chi connectivity index (χ4v) is 5.83. The van der Waals surface area contributed by atoms with E-state index in [1.165, 1.54) is 0 Å². The summed E-state index contributed by atoms with van der Waals surface area (Å²) in [5.74, 6) is 0.496. The van der Waals surface area contributed by atoms with E-state index in [1.54, 1.807) is 31.2 Å². The molecule has 9 heteroatoms. The molecule has 1 fully saturated rings. The Kier molecular flexibility index (Phi) is 4.35. The van der Waals surface area contributed by atoms with Crippen LogP contribution in [-0.4, -0.2) is 24.7 Å². The van der Waals surface area contributed by atoms with Gasteiger partial charge in [0.05, 0.1) is 25.1 Å². The first-order valence-electron chi connectivity index (χ1n) is 8.05. The van der Waals surface area contributed by atoms with E-state index >= 15 is 0 Å². The Bertz CT molecular complexity index is 930. The molecule has 0 radical (unpaired) electrons. The zero-order valence-corrected chi connectivity index (χ0v) is 15.8. The maximum Gasteiger partial charge on any atom is 0.472 e. The number of rotatable bonds is 3. The molecule has 2 heterocycles. The minimum Gasteiger partial charge on any atom is -0.421 e. The molecular weight excluding hydrogens is 378 g/mol. The lowest BCUT2D eigenvalue weighted by molar-refractivity contribution is -0.0208. The number of hydrogen-bond acceptors (Lipinski definition) is 6. The van der Waals surface area contributed by atoms with Gasteiger partial charge < -0.3 is 9.42 Å². The van der Waals surface area contributed by atoms with Gasteiger partial charge in [-0.3, -0.25) is 13.6 Å². The summed E-state index contributed by atoms with van der Waals surface area (Å²) in [5, 5.41) is 0.493. The van der Waals surface area contributed by atoms with Crippen molar-refractivity contribution in [1.82, 2.24) is 0 Å². The van der Waals surface area contributed by atoms with E-state index < -0.39 is 20.8 Å². The molecule has 7 nitrogen and oxygen atoms in total. The van der Waals surface area contributed by atoms with Gasteiger partial charge in [0, 0.05) is 16.5 Å². The number of phosphoric ester groups is 1. The first kappa shape index (κ1) is 17.9. The average molecular weight is 396 g/mol. The summed E-state index contributed by atoms with van der Waals surface area (Å²) in [7, 11) is -7.61. The highest BCUT2D eigenvalue weighted by Gasteiger charge is 2.43. The normalized spacial score (nSPS) is 33.0. The summed E-state index contributed by atoms with van der Waals surface area (Å²) in [6.45, 7) is 1.67. The Morgan fingerprint density at radius 2 is 1.65 bits per heavy atom. The van der Waals surface area contributed by atoms with Gasteiger partial charge in [0.25, 0.3) is 0 Å². The van der Waals surface area contributed by atoms with Crippen molar-refractivity contribution >= 4 is 20.7 Å². The van der Waals surface area contributed by atoms with Gasteiger partial charge in [-0.2, -0.15) is 0 Å². The standard InChI is InChI=1S/C17H18O7P2/c1-17(11-22-26(19,20)23-12-17)10-21-25(18)16-9-5-3-7-14(16)13-6-2-4-8-15(13)24-25/h2-9H,10-12H2,1H3,(H,19,20). The summed E-state index contributed by atoms with van der Waals surface area (Å²) in [6.07, 6.45) is 0. The molecule has 0 aliphatic carbocycles.